The lowest BCUT2D eigenvalue weighted by Crippen LogP contribution is -2.77. The first-order valence-electron chi connectivity index (χ1n) is 7.87. The number of halogens is 2. The Balaban J connectivity index is 2.54. The molecule has 2 heterocycles. The average Bonchev–Trinajstić information content (AvgIpc) is 2.43. The molecule has 0 saturated carbocycles. The second kappa shape index (κ2) is 5.61. The van der Waals surface area contributed by atoms with Gasteiger partial charge < -0.3 is 25.0 Å². The summed E-state index contributed by atoms with van der Waals surface area (Å²) >= 11 is 0. The van der Waals surface area contributed by atoms with Gasteiger partial charge in [-0.15, -0.1) is 0 Å². The van der Waals surface area contributed by atoms with Crippen LogP contribution in [0.5, 0.6) is 0 Å². The number of nitrogens with zero attached hydrogens (tertiary/aromatic N) is 1. The Morgan fingerprint density at radius 1 is 1.26 bits per heavy atom. The van der Waals surface area contributed by atoms with Crippen molar-refractivity contribution in [2.45, 2.75) is 64.1 Å². The normalized spacial score (nSPS) is 41.4. The maximum atomic E-state index is 14.6. The number of fused-ring (bicyclic) bond motifs is 2. The molecule has 8 heteroatoms. The van der Waals surface area contributed by atoms with Crippen LogP contribution < -0.4 is 0 Å². The van der Waals surface area contributed by atoms with Crippen molar-refractivity contribution in [3.63, 3.8) is 0 Å². The number of carbonyl (C=O) groups excluding carboxylic acids is 1. The molecule has 3 N–H and O–H groups in total. The predicted octanol–water partition coefficient (Wildman–Crippen LogP) is 0.345. The van der Waals surface area contributed by atoms with E-state index < -0.39 is 47.3 Å². The smallest absolute Gasteiger partial charge is 0.329 e. The molecule has 0 radical (unpaired) electrons. The van der Waals surface area contributed by atoms with Gasteiger partial charge in [-0.2, -0.15) is 8.78 Å². The Morgan fingerprint density at radius 3 is 2.26 bits per heavy atom. The monoisotopic (exact) mass is 337 g/mol. The molecule has 23 heavy (non-hydrogen) atoms. The standard InChI is InChI=1S/C15H25F2NO5/c1-5-18(6-2)12(21)10-13(3,4)7-8-9(19)11(20)14(16,17)15(10,22)23-8/h8-11,19-20,22H,5-7H2,1-4H3/t8-,9+,10+,11-,15+/m1/s1. The van der Waals surface area contributed by atoms with Crippen LogP contribution in [0, 0.1) is 11.3 Å². The van der Waals surface area contributed by atoms with E-state index in [4.69, 9.17) is 4.74 Å². The molecule has 0 aromatic carbocycles. The fraction of sp³-hybridized carbons (Fsp3) is 0.933. The van der Waals surface area contributed by atoms with Gasteiger partial charge in [0.1, 0.15) is 12.0 Å². The molecule has 134 valence electrons. The zero-order chi connectivity index (χ0) is 17.8. The van der Waals surface area contributed by atoms with Gasteiger partial charge >= 0.3 is 5.92 Å². The number of alkyl halides is 2. The van der Waals surface area contributed by atoms with E-state index in [0.29, 0.717) is 13.1 Å². The Bertz CT molecular complexity index is 482. The van der Waals surface area contributed by atoms with Crippen LogP contribution in [0.3, 0.4) is 0 Å². The van der Waals surface area contributed by atoms with E-state index >= 15 is 0 Å². The van der Waals surface area contributed by atoms with Crippen molar-refractivity contribution < 1.29 is 33.6 Å². The van der Waals surface area contributed by atoms with E-state index in [1.165, 1.54) is 4.90 Å². The predicted molar refractivity (Wildman–Crippen MR) is 76.6 cm³/mol. The molecule has 2 aliphatic heterocycles. The average molecular weight is 337 g/mol. The number of ether oxygens (including phenoxy) is 1. The first kappa shape index (κ1) is 18.5. The zero-order valence-electron chi connectivity index (χ0n) is 13.8. The number of hydrogen-bond donors (Lipinski definition) is 3. The Labute approximate surface area is 134 Å². The van der Waals surface area contributed by atoms with Crippen LogP contribution in [0.2, 0.25) is 0 Å². The molecule has 6 nitrogen and oxygen atoms in total. The number of rotatable bonds is 3. The molecule has 2 rings (SSSR count). The SMILES string of the molecule is CCN(CC)C(=O)[C@H]1C(C)(C)C[C@H]2O[C@]1(O)C(F)(F)[C@H](O)[C@H]2O. The Morgan fingerprint density at radius 2 is 1.78 bits per heavy atom. The van der Waals surface area contributed by atoms with Crippen LogP contribution in [-0.4, -0.2) is 69.2 Å². The molecule has 2 bridgehead atoms. The third kappa shape index (κ3) is 2.47. The van der Waals surface area contributed by atoms with Crippen molar-refractivity contribution in [2.24, 2.45) is 11.3 Å². The fourth-order valence-electron chi connectivity index (χ4n) is 3.82. The lowest BCUT2D eigenvalue weighted by Gasteiger charge is -2.58. The van der Waals surface area contributed by atoms with Crippen molar-refractivity contribution in [3.8, 4) is 0 Å². The van der Waals surface area contributed by atoms with Crippen molar-refractivity contribution >= 4 is 5.91 Å². The molecule has 0 aliphatic carbocycles. The van der Waals surface area contributed by atoms with Gasteiger partial charge in [0.25, 0.3) is 0 Å². The number of amides is 1. The quantitative estimate of drug-likeness (QED) is 0.691. The Kier molecular flexibility index (Phi) is 4.52. The number of hydrogen-bond acceptors (Lipinski definition) is 5. The lowest BCUT2D eigenvalue weighted by molar-refractivity contribution is -0.441. The van der Waals surface area contributed by atoms with Crippen LogP contribution in [0.4, 0.5) is 8.78 Å². The van der Waals surface area contributed by atoms with Gasteiger partial charge in [0.2, 0.25) is 11.7 Å². The van der Waals surface area contributed by atoms with E-state index in [1.807, 2.05) is 0 Å². The van der Waals surface area contributed by atoms with Crippen molar-refractivity contribution in [2.75, 3.05) is 13.1 Å². The van der Waals surface area contributed by atoms with E-state index in [0.717, 1.165) is 0 Å². The van der Waals surface area contributed by atoms with Crippen LogP contribution in [0.1, 0.15) is 34.1 Å². The van der Waals surface area contributed by atoms with E-state index in [9.17, 15) is 28.9 Å². The van der Waals surface area contributed by atoms with Crippen molar-refractivity contribution in [1.82, 2.24) is 4.90 Å². The zero-order valence-corrected chi connectivity index (χ0v) is 13.8. The van der Waals surface area contributed by atoms with Gasteiger partial charge in [-0.1, -0.05) is 13.8 Å². The van der Waals surface area contributed by atoms with E-state index in [1.54, 1.807) is 27.7 Å². The summed E-state index contributed by atoms with van der Waals surface area (Å²) in [7, 11) is 0. The molecule has 0 aromatic heterocycles. The minimum absolute atomic E-state index is 0.0707. The van der Waals surface area contributed by atoms with Crippen LogP contribution in [-0.2, 0) is 9.53 Å². The fourth-order valence-corrected chi connectivity index (χ4v) is 3.82. The molecule has 0 unspecified atom stereocenters. The summed E-state index contributed by atoms with van der Waals surface area (Å²) in [6.07, 6.45) is -5.41. The van der Waals surface area contributed by atoms with Crippen LogP contribution in [0.15, 0.2) is 0 Å². The summed E-state index contributed by atoms with van der Waals surface area (Å²) in [6, 6.07) is 0. The minimum atomic E-state index is -4.17. The molecule has 0 aromatic rings. The molecule has 1 amide bonds. The molecule has 0 spiro atoms. The molecule has 2 saturated heterocycles. The van der Waals surface area contributed by atoms with Gasteiger partial charge in [-0.3, -0.25) is 4.79 Å². The molecular weight excluding hydrogens is 312 g/mol. The summed E-state index contributed by atoms with van der Waals surface area (Å²) in [5.41, 5.74) is -1.04. The van der Waals surface area contributed by atoms with Gasteiger partial charge in [-0.05, 0) is 25.7 Å². The van der Waals surface area contributed by atoms with Crippen LogP contribution in [0.25, 0.3) is 0 Å². The number of aliphatic hydroxyl groups excluding tert-OH is 2. The third-order valence-corrected chi connectivity index (χ3v) is 5.11. The van der Waals surface area contributed by atoms with E-state index in [-0.39, 0.29) is 6.42 Å². The molecule has 5 atom stereocenters. The second-order valence-electron chi connectivity index (χ2n) is 7.05. The van der Waals surface area contributed by atoms with Gasteiger partial charge in [0.05, 0.1) is 6.10 Å². The minimum Gasteiger partial charge on any atom is -0.387 e. The second-order valence-corrected chi connectivity index (χ2v) is 7.05. The van der Waals surface area contributed by atoms with E-state index in [2.05, 4.69) is 0 Å². The molecule has 2 fully saturated rings. The van der Waals surface area contributed by atoms with Gasteiger partial charge in [-0.25, -0.2) is 0 Å². The summed E-state index contributed by atoms with van der Waals surface area (Å²) in [5.74, 6) is -9.53. The summed E-state index contributed by atoms with van der Waals surface area (Å²) in [6.45, 7) is 7.20. The topological polar surface area (TPSA) is 90.2 Å². The summed E-state index contributed by atoms with van der Waals surface area (Å²) in [5, 5.41) is 30.2. The highest BCUT2D eigenvalue weighted by Crippen LogP contribution is 2.56. The van der Waals surface area contributed by atoms with Gasteiger partial charge in [0, 0.05) is 13.1 Å². The number of aliphatic hydroxyl groups is 3. The third-order valence-electron chi connectivity index (χ3n) is 5.11. The van der Waals surface area contributed by atoms with Gasteiger partial charge in [0.15, 0.2) is 6.10 Å². The highest BCUT2D eigenvalue weighted by atomic mass is 19.3. The number of carbonyl (C=O) groups is 1. The summed E-state index contributed by atoms with van der Waals surface area (Å²) < 4.78 is 34.2. The summed E-state index contributed by atoms with van der Waals surface area (Å²) in [4.78, 5) is 14.1. The highest BCUT2D eigenvalue weighted by Gasteiger charge is 2.75. The highest BCUT2D eigenvalue weighted by molar-refractivity contribution is 5.81. The molecular formula is C15H25F2NO5. The van der Waals surface area contributed by atoms with Crippen LogP contribution >= 0.6 is 0 Å². The lowest BCUT2D eigenvalue weighted by atomic mass is 9.62. The van der Waals surface area contributed by atoms with Crippen molar-refractivity contribution in [1.29, 1.82) is 0 Å². The van der Waals surface area contributed by atoms with Crippen molar-refractivity contribution in [3.05, 3.63) is 0 Å². The maximum absolute atomic E-state index is 14.6. The first-order valence-corrected chi connectivity index (χ1v) is 7.87. The Hall–Kier alpha value is -0.830. The largest absolute Gasteiger partial charge is 0.387 e. The maximum Gasteiger partial charge on any atom is 0.329 e. The first-order chi connectivity index (χ1) is 10.4. The molecule has 2 aliphatic rings.